The Hall–Kier alpha value is -1.11. The molecule has 0 aliphatic heterocycles. The zero-order valence-corrected chi connectivity index (χ0v) is 9.01. The topological polar surface area (TPSA) is 86.3 Å². The second-order valence-electron chi connectivity index (χ2n) is 2.37. The molecule has 0 aromatic heterocycles. The summed E-state index contributed by atoms with van der Waals surface area (Å²) in [5.74, 6) is 0. The molecule has 1 rings (SSSR count). The zero-order valence-electron chi connectivity index (χ0n) is 6.74. The second kappa shape index (κ2) is 4.18. The van der Waals surface area contributed by atoms with Crippen LogP contribution in [-0.2, 0) is 0 Å². The number of benzene rings is 1. The summed E-state index contributed by atoms with van der Waals surface area (Å²) >= 11 is 16.5. The van der Waals surface area contributed by atoms with Crippen LogP contribution in [0.5, 0.6) is 0 Å². The first-order chi connectivity index (χ1) is 6.86. The van der Waals surface area contributed by atoms with E-state index in [-0.39, 0.29) is 10.0 Å². The average Bonchev–Trinajstić information content (AvgIpc) is 2.12. The smallest absolute Gasteiger partial charge is 0.258 e. The maximum absolute atomic E-state index is 10.5. The third kappa shape index (κ3) is 2.11. The van der Waals surface area contributed by atoms with Crippen LogP contribution in [-0.4, -0.2) is 9.85 Å². The van der Waals surface area contributed by atoms with E-state index in [0.717, 1.165) is 6.07 Å². The van der Waals surface area contributed by atoms with E-state index in [9.17, 15) is 20.2 Å². The van der Waals surface area contributed by atoms with Gasteiger partial charge >= 0.3 is 11.4 Å². The van der Waals surface area contributed by atoms with Crippen LogP contribution in [0.2, 0.25) is 15.1 Å². The van der Waals surface area contributed by atoms with Crippen molar-refractivity contribution >= 4 is 46.2 Å². The predicted octanol–water partition coefficient (Wildman–Crippen LogP) is 3.46. The van der Waals surface area contributed by atoms with Gasteiger partial charge in [0.25, 0.3) is 0 Å². The van der Waals surface area contributed by atoms with Crippen molar-refractivity contribution in [3.63, 3.8) is 0 Å². The van der Waals surface area contributed by atoms with Crippen LogP contribution in [0, 0.1) is 20.2 Å². The van der Waals surface area contributed by atoms with Gasteiger partial charge in [-0.05, 0) is 0 Å². The first kappa shape index (κ1) is 12.0. The highest BCUT2D eigenvalue weighted by Crippen LogP contribution is 2.43. The normalized spacial score (nSPS) is 10.1. The van der Waals surface area contributed by atoms with E-state index in [0.29, 0.717) is 0 Å². The molecule has 0 N–H and O–H groups in total. The molecule has 80 valence electrons. The van der Waals surface area contributed by atoms with E-state index in [1.165, 1.54) is 0 Å². The van der Waals surface area contributed by atoms with Gasteiger partial charge in [0.05, 0.1) is 19.9 Å². The molecule has 0 amide bonds. The van der Waals surface area contributed by atoms with Gasteiger partial charge in [0.1, 0.15) is 5.02 Å². The number of hydrogen-bond donors (Lipinski definition) is 0. The maximum atomic E-state index is 10.5. The Morgan fingerprint density at radius 1 is 1.00 bits per heavy atom. The fraction of sp³-hybridized carbons (Fsp3) is 0. The Morgan fingerprint density at radius 2 is 1.53 bits per heavy atom. The van der Waals surface area contributed by atoms with Gasteiger partial charge in [-0.3, -0.25) is 20.2 Å². The lowest BCUT2D eigenvalue weighted by molar-refractivity contribution is -0.422. The summed E-state index contributed by atoms with van der Waals surface area (Å²) < 4.78 is 0. The molecule has 15 heavy (non-hydrogen) atoms. The van der Waals surface area contributed by atoms with E-state index in [2.05, 4.69) is 0 Å². The van der Waals surface area contributed by atoms with Crippen LogP contribution >= 0.6 is 34.8 Å². The van der Waals surface area contributed by atoms with Crippen molar-refractivity contribution in [1.29, 1.82) is 0 Å². The van der Waals surface area contributed by atoms with E-state index < -0.39 is 26.2 Å². The minimum atomic E-state index is -0.983. The fourth-order valence-electron chi connectivity index (χ4n) is 0.886. The summed E-state index contributed by atoms with van der Waals surface area (Å²) in [4.78, 5) is 19.1. The van der Waals surface area contributed by atoms with E-state index in [4.69, 9.17) is 34.8 Å². The number of halogens is 3. The Bertz CT molecular complexity index is 462. The number of nitrogens with zero attached hydrogens (tertiary/aromatic N) is 2. The molecule has 6 nitrogen and oxygen atoms in total. The lowest BCUT2D eigenvalue weighted by Gasteiger charge is -2.00. The molecule has 0 saturated heterocycles. The van der Waals surface area contributed by atoms with Crippen LogP contribution in [0.1, 0.15) is 0 Å². The minimum Gasteiger partial charge on any atom is -0.258 e. The summed E-state index contributed by atoms with van der Waals surface area (Å²) in [7, 11) is 0. The lowest BCUT2D eigenvalue weighted by atomic mass is 10.2. The van der Waals surface area contributed by atoms with Crippen LogP contribution in [0.3, 0.4) is 0 Å². The van der Waals surface area contributed by atoms with E-state index in [1.807, 2.05) is 0 Å². The molecule has 0 atom stereocenters. The van der Waals surface area contributed by atoms with Gasteiger partial charge < -0.3 is 0 Å². The Morgan fingerprint density at radius 3 is 1.93 bits per heavy atom. The van der Waals surface area contributed by atoms with Gasteiger partial charge in [0, 0.05) is 6.07 Å². The molecule has 0 heterocycles. The highest BCUT2D eigenvalue weighted by atomic mass is 35.5. The number of nitro groups is 2. The zero-order chi connectivity index (χ0) is 11.7. The molecule has 0 radical (unpaired) electrons. The third-order valence-corrected chi connectivity index (χ3v) is 2.75. The maximum Gasteiger partial charge on any atom is 0.366 e. The number of nitro benzene ring substituents is 2. The SMILES string of the molecule is O=[N+]([O-])c1cc(Cl)c(Cl)c(Cl)c1[N+](=O)[O-]. The molecule has 0 bridgehead atoms. The van der Waals surface area contributed by atoms with Crippen molar-refractivity contribution < 1.29 is 9.85 Å². The Balaban J connectivity index is 3.65. The number of rotatable bonds is 2. The standard InChI is InChI=1S/C6HCl3N2O4/c7-2-1-3(10(12)13)6(11(14)15)5(9)4(2)8/h1H. The molecular formula is C6HCl3N2O4. The molecule has 1 aromatic rings. The van der Waals surface area contributed by atoms with Gasteiger partial charge in [-0.2, -0.15) is 0 Å². The molecule has 1 aromatic carbocycles. The molecule has 0 fully saturated rings. The summed E-state index contributed by atoms with van der Waals surface area (Å²) in [6, 6.07) is 0.786. The molecule has 0 aliphatic rings. The third-order valence-electron chi connectivity index (χ3n) is 1.50. The minimum absolute atomic E-state index is 0.209. The lowest BCUT2D eigenvalue weighted by Crippen LogP contribution is -1.98. The fourth-order valence-corrected chi connectivity index (χ4v) is 1.54. The molecule has 0 spiro atoms. The van der Waals surface area contributed by atoms with Crippen molar-refractivity contribution in [1.82, 2.24) is 0 Å². The van der Waals surface area contributed by atoms with Crippen molar-refractivity contribution in [3.05, 3.63) is 41.4 Å². The van der Waals surface area contributed by atoms with Crippen LogP contribution in [0.4, 0.5) is 11.4 Å². The van der Waals surface area contributed by atoms with Gasteiger partial charge in [-0.25, -0.2) is 0 Å². The van der Waals surface area contributed by atoms with Gasteiger partial charge in [0.15, 0.2) is 0 Å². The van der Waals surface area contributed by atoms with Gasteiger partial charge in [-0.1, -0.05) is 34.8 Å². The van der Waals surface area contributed by atoms with Crippen molar-refractivity contribution in [2.45, 2.75) is 0 Å². The Kier molecular flexibility index (Phi) is 3.33. The van der Waals surface area contributed by atoms with Crippen molar-refractivity contribution in [3.8, 4) is 0 Å². The van der Waals surface area contributed by atoms with Crippen LogP contribution in [0.25, 0.3) is 0 Å². The highest BCUT2D eigenvalue weighted by molar-refractivity contribution is 6.49. The molecule has 0 saturated carbocycles. The number of hydrogen-bond acceptors (Lipinski definition) is 4. The molecule has 0 aliphatic carbocycles. The quantitative estimate of drug-likeness (QED) is 0.468. The van der Waals surface area contributed by atoms with Gasteiger partial charge in [-0.15, -0.1) is 0 Å². The van der Waals surface area contributed by atoms with Crippen molar-refractivity contribution in [2.24, 2.45) is 0 Å². The van der Waals surface area contributed by atoms with Gasteiger partial charge in [0.2, 0.25) is 0 Å². The summed E-state index contributed by atoms with van der Waals surface area (Å²) in [6.45, 7) is 0. The second-order valence-corrected chi connectivity index (χ2v) is 3.53. The molecule has 9 heteroatoms. The summed E-state index contributed by atoms with van der Waals surface area (Å²) in [5.41, 5.74) is -1.66. The molecular weight excluding hydrogens is 270 g/mol. The summed E-state index contributed by atoms with van der Waals surface area (Å²) in [5, 5.41) is 20.0. The van der Waals surface area contributed by atoms with Crippen molar-refractivity contribution in [2.75, 3.05) is 0 Å². The largest absolute Gasteiger partial charge is 0.366 e. The van der Waals surface area contributed by atoms with E-state index >= 15 is 0 Å². The first-order valence-electron chi connectivity index (χ1n) is 3.32. The van der Waals surface area contributed by atoms with Crippen LogP contribution in [0.15, 0.2) is 6.07 Å². The first-order valence-corrected chi connectivity index (χ1v) is 4.46. The highest BCUT2D eigenvalue weighted by Gasteiger charge is 2.31. The Labute approximate surface area is 97.6 Å². The molecule has 0 unspecified atom stereocenters. The average molecular weight is 271 g/mol. The van der Waals surface area contributed by atoms with Crippen LogP contribution < -0.4 is 0 Å². The summed E-state index contributed by atoms with van der Waals surface area (Å²) in [6.07, 6.45) is 0. The monoisotopic (exact) mass is 270 g/mol. The van der Waals surface area contributed by atoms with E-state index in [1.54, 1.807) is 0 Å². The predicted molar refractivity (Wildman–Crippen MR) is 54.8 cm³/mol.